The summed E-state index contributed by atoms with van der Waals surface area (Å²) in [6.07, 6.45) is 10.4. The van der Waals surface area contributed by atoms with Crippen molar-refractivity contribution in [2.45, 2.75) is 43.0 Å². The summed E-state index contributed by atoms with van der Waals surface area (Å²) in [6, 6.07) is 2.23. The Morgan fingerprint density at radius 3 is 2.95 bits per heavy atom. The average molecular weight is 323 g/mol. The summed E-state index contributed by atoms with van der Waals surface area (Å²) in [7, 11) is 0. The Kier molecular flexibility index (Phi) is 3.39. The standard InChI is InChI=1S/C15H19ClN4S/c1-21-13-11-7-10-8-17-14(16)19-12(10)20(11)15(9-18-13)5-3-2-4-6-15/h7-8,13,18H,2-6,9H2,1H3. The Bertz CT molecular complexity index is 678. The Balaban J connectivity index is 1.97. The van der Waals surface area contributed by atoms with E-state index in [4.69, 9.17) is 11.6 Å². The maximum Gasteiger partial charge on any atom is 0.224 e. The van der Waals surface area contributed by atoms with Crippen LogP contribution in [0.3, 0.4) is 0 Å². The second-order valence-electron chi connectivity index (χ2n) is 6.10. The van der Waals surface area contributed by atoms with Gasteiger partial charge in [0.25, 0.3) is 0 Å². The lowest BCUT2D eigenvalue weighted by Gasteiger charge is -2.45. The van der Waals surface area contributed by atoms with Gasteiger partial charge in [-0.2, -0.15) is 4.98 Å². The van der Waals surface area contributed by atoms with Crippen LogP contribution in [0.25, 0.3) is 11.0 Å². The fourth-order valence-corrected chi connectivity index (χ4v) is 4.75. The van der Waals surface area contributed by atoms with Gasteiger partial charge in [-0.25, -0.2) is 4.98 Å². The van der Waals surface area contributed by atoms with Crippen LogP contribution < -0.4 is 5.32 Å². The highest BCUT2D eigenvalue weighted by molar-refractivity contribution is 7.98. The number of nitrogens with one attached hydrogen (secondary N) is 1. The van der Waals surface area contributed by atoms with Crippen LogP contribution in [0.2, 0.25) is 5.28 Å². The van der Waals surface area contributed by atoms with Crippen LogP contribution in [-0.2, 0) is 5.54 Å². The summed E-state index contributed by atoms with van der Waals surface area (Å²) in [5.74, 6) is 0. The molecule has 4 nitrogen and oxygen atoms in total. The van der Waals surface area contributed by atoms with E-state index in [9.17, 15) is 0 Å². The number of halogens is 1. The smallest absolute Gasteiger partial charge is 0.224 e. The van der Waals surface area contributed by atoms with Crippen molar-refractivity contribution in [3.63, 3.8) is 0 Å². The van der Waals surface area contributed by atoms with Crippen molar-refractivity contribution < 1.29 is 0 Å². The van der Waals surface area contributed by atoms with Crippen molar-refractivity contribution in [3.05, 3.63) is 23.2 Å². The average Bonchev–Trinajstić information content (AvgIpc) is 2.88. The fraction of sp³-hybridized carbons (Fsp3) is 0.600. The predicted octanol–water partition coefficient (Wildman–Crippen LogP) is 3.71. The van der Waals surface area contributed by atoms with Gasteiger partial charge in [0.1, 0.15) is 5.65 Å². The normalized spacial score (nSPS) is 24.4. The SMILES string of the molecule is CSC1NCC2(CCCCC2)n2c1cc1cnc(Cl)nc12. The molecule has 21 heavy (non-hydrogen) atoms. The second-order valence-corrected chi connectivity index (χ2v) is 7.39. The number of aromatic nitrogens is 3. The summed E-state index contributed by atoms with van der Waals surface area (Å²) in [5, 5.41) is 5.49. The van der Waals surface area contributed by atoms with Crippen LogP contribution in [0.1, 0.15) is 43.2 Å². The highest BCUT2D eigenvalue weighted by atomic mass is 35.5. The molecule has 2 aromatic heterocycles. The molecule has 1 aliphatic carbocycles. The molecule has 0 saturated heterocycles. The minimum atomic E-state index is 0.166. The number of thioether (sulfide) groups is 1. The Labute approximate surface area is 133 Å². The highest BCUT2D eigenvalue weighted by Crippen LogP contribution is 2.44. The maximum atomic E-state index is 6.06. The fourth-order valence-electron chi connectivity index (χ4n) is 3.96. The molecular weight excluding hydrogens is 304 g/mol. The first-order valence-corrected chi connectivity index (χ1v) is 9.21. The summed E-state index contributed by atoms with van der Waals surface area (Å²) in [6.45, 7) is 1.02. The van der Waals surface area contributed by atoms with Crippen molar-refractivity contribution >= 4 is 34.4 Å². The van der Waals surface area contributed by atoms with E-state index >= 15 is 0 Å². The van der Waals surface area contributed by atoms with E-state index in [0.717, 1.165) is 17.6 Å². The molecule has 1 spiro atoms. The monoisotopic (exact) mass is 322 g/mol. The number of nitrogens with zero attached hydrogens (tertiary/aromatic N) is 3. The summed E-state index contributed by atoms with van der Waals surface area (Å²) < 4.78 is 2.48. The van der Waals surface area contributed by atoms with Gasteiger partial charge in [0.05, 0.1) is 10.9 Å². The molecule has 1 N–H and O–H groups in total. The van der Waals surface area contributed by atoms with E-state index in [1.54, 1.807) is 0 Å². The Morgan fingerprint density at radius 2 is 2.19 bits per heavy atom. The van der Waals surface area contributed by atoms with E-state index < -0.39 is 0 Å². The number of hydrogen-bond donors (Lipinski definition) is 1. The van der Waals surface area contributed by atoms with E-state index in [1.807, 2.05) is 18.0 Å². The second kappa shape index (κ2) is 5.14. The molecule has 0 amide bonds. The number of fused-ring (bicyclic) bond motifs is 4. The molecular formula is C15H19ClN4S. The molecule has 3 heterocycles. The topological polar surface area (TPSA) is 42.7 Å². The van der Waals surface area contributed by atoms with Gasteiger partial charge in [-0.3, -0.25) is 5.32 Å². The molecule has 2 aliphatic rings. The minimum absolute atomic E-state index is 0.166. The molecule has 0 bridgehead atoms. The van der Waals surface area contributed by atoms with Crippen LogP contribution >= 0.6 is 23.4 Å². The highest BCUT2D eigenvalue weighted by Gasteiger charge is 2.41. The van der Waals surface area contributed by atoms with Crippen LogP contribution in [0.15, 0.2) is 12.3 Å². The molecule has 2 aromatic rings. The summed E-state index contributed by atoms with van der Waals surface area (Å²) in [5.41, 5.74) is 2.49. The molecule has 1 atom stereocenters. The van der Waals surface area contributed by atoms with Crippen molar-refractivity contribution in [1.29, 1.82) is 0 Å². The molecule has 0 radical (unpaired) electrons. The van der Waals surface area contributed by atoms with Crippen LogP contribution in [0, 0.1) is 0 Å². The van der Waals surface area contributed by atoms with E-state index in [-0.39, 0.29) is 5.54 Å². The maximum absolute atomic E-state index is 6.06. The number of rotatable bonds is 1. The van der Waals surface area contributed by atoms with Gasteiger partial charge < -0.3 is 4.57 Å². The van der Waals surface area contributed by atoms with Gasteiger partial charge >= 0.3 is 0 Å². The first-order valence-electron chi connectivity index (χ1n) is 7.54. The Morgan fingerprint density at radius 1 is 1.38 bits per heavy atom. The first kappa shape index (κ1) is 13.9. The van der Waals surface area contributed by atoms with Crippen LogP contribution in [-0.4, -0.2) is 27.3 Å². The van der Waals surface area contributed by atoms with Crippen molar-refractivity contribution in [2.75, 3.05) is 12.8 Å². The third-order valence-electron chi connectivity index (χ3n) is 4.92. The van der Waals surface area contributed by atoms with Crippen molar-refractivity contribution in [1.82, 2.24) is 19.9 Å². The van der Waals surface area contributed by atoms with Gasteiger partial charge in [0, 0.05) is 23.8 Å². The van der Waals surface area contributed by atoms with Gasteiger partial charge in [0.15, 0.2) is 0 Å². The van der Waals surface area contributed by atoms with Gasteiger partial charge in [0.2, 0.25) is 5.28 Å². The van der Waals surface area contributed by atoms with Gasteiger partial charge in [-0.1, -0.05) is 19.3 Å². The molecule has 1 saturated carbocycles. The largest absolute Gasteiger partial charge is 0.320 e. The molecule has 1 aliphatic heterocycles. The quantitative estimate of drug-likeness (QED) is 0.813. The minimum Gasteiger partial charge on any atom is -0.320 e. The lowest BCUT2D eigenvalue weighted by atomic mass is 9.80. The third kappa shape index (κ3) is 2.09. The van der Waals surface area contributed by atoms with Gasteiger partial charge in [-0.05, 0) is 36.8 Å². The molecule has 0 aromatic carbocycles. The van der Waals surface area contributed by atoms with E-state index in [1.165, 1.54) is 37.8 Å². The summed E-state index contributed by atoms with van der Waals surface area (Å²) >= 11 is 7.90. The zero-order valence-electron chi connectivity index (χ0n) is 12.1. The van der Waals surface area contributed by atoms with Crippen molar-refractivity contribution in [3.8, 4) is 0 Å². The predicted molar refractivity (Wildman–Crippen MR) is 87.9 cm³/mol. The van der Waals surface area contributed by atoms with E-state index in [0.29, 0.717) is 10.7 Å². The summed E-state index contributed by atoms with van der Waals surface area (Å²) in [4.78, 5) is 8.70. The Hall–Kier alpha value is -0.780. The first-order chi connectivity index (χ1) is 10.2. The zero-order valence-corrected chi connectivity index (χ0v) is 13.7. The van der Waals surface area contributed by atoms with Crippen molar-refractivity contribution in [2.24, 2.45) is 0 Å². The van der Waals surface area contributed by atoms with Crippen LogP contribution in [0.4, 0.5) is 0 Å². The lowest BCUT2D eigenvalue weighted by Crippen LogP contribution is -2.50. The molecule has 1 fully saturated rings. The third-order valence-corrected chi connectivity index (χ3v) is 5.98. The van der Waals surface area contributed by atoms with Crippen LogP contribution in [0.5, 0.6) is 0 Å². The molecule has 1 unspecified atom stereocenters. The van der Waals surface area contributed by atoms with E-state index in [2.05, 4.69) is 32.2 Å². The number of hydrogen-bond acceptors (Lipinski definition) is 4. The lowest BCUT2D eigenvalue weighted by molar-refractivity contribution is 0.167. The van der Waals surface area contributed by atoms with Gasteiger partial charge in [-0.15, -0.1) is 11.8 Å². The molecule has 4 rings (SSSR count). The molecule has 112 valence electrons. The molecule has 6 heteroatoms. The zero-order chi connectivity index (χ0) is 14.4.